The van der Waals surface area contributed by atoms with E-state index in [1.807, 2.05) is 0 Å². The van der Waals surface area contributed by atoms with Gasteiger partial charge >= 0.3 is 0 Å². The van der Waals surface area contributed by atoms with E-state index in [4.69, 9.17) is 9.47 Å². The molecule has 14 heavy (non-hydrogen) atoms. The maximum absolute atomic E-state index is 9.91. The molecule has 0 radical (unpaired) electrons. The van der Waals surface area contributed by atoms with Gasteiger partial charge in [-0.15, -0.1) is 0 Å². The van der Waals surface area contributed by atoms with Crippen LogP contribution < -0.4 is 9.47 Å². The number of aliphatic hydroxyl groups is 1. The summed E-state index contributed by atoms with van der Waals surface area (Å²) in [5.41, 5.74) is -0.477. The number of ether oxygens (including phenoxy) is 2. The molecule has 1 N–H and O–H groups in total. The fourth-order valence-electron chi connectivity index (χ4n) is 1.31. The van der Waals surface area contributed by atoms with Gasteiger partial charge in [0, 0.05) is 6.20 Å². The van der Waals surface area contributed by atoms with Crippen LogP contribution >= 0.6 is 0 Å². The Labute approximate surface area is 83.5 Å². The summed E-state index contributed by atoms with van der Waals surface area (Å²) in [5, 5.41) is 9.91. The molecule has 0 bridgehead atoms. The molecule has 78 valence electrons. The molecule has 4 nitrogen and oxygen atoms in total. The zero-order chi connectivity index (χ0) is 10.8. The van der Waals surface area contributed by atoms with Gasteiger partial charge in [0.1, 0.15) is 5.75 Å². The molecule has 0 aliphatic heterocycles. The fourth-order valence-corrected chi connectivity index (χ4v) is 1.31. The standard InChI is InChI=1S/C10H15NO3/c1-10(2,12)8-7(13-3)5-6-11-9(8)14-4/h5-6,12H,1-4H3. The minimum Gasteiger partial charge on any atom is -0.496 e. The van der Waals surface area contributed by atoms with Gasteiger partial charge in [0.15, 0.2) is 0 Å². The molecule has 0 aliphatic carbocycles. The van der Waals surface area contributed by atoms with E-state index in [0.717, 1.165) is 0 Å². The molecule has 0 amide bonds. The Morgan fingerprint density at radius 2 is 1.93 bits per heavy atom. The minimum absolute atomic E-state index is 0.386. The van der Waals surface area contributed by atoms with Crippen LogP contribution in [0.5, 0.6) is 11.6 Å². The molecular weight excluding hydrogens is 182 g/mol. The summed E-state index contributed by atoms with van der Waals surface area (Å²) < 4.78 is 10.2. The zero-order valence-electron chi connectivity index (χ0n) is 8.87. The normalized spacial score (nSPS) is 11.2. The van der Waals surface area contributed by atoms with E-state index in [1.54, 1.807) is 33.2 Å². The highest BCUT2D eigenvalue weighted by atomic mass is 16.5. The number of rotatable bonds is 3. The molecule has 0 fully saturated rings. The van der Waals surface area contributed by atoms with Gasteiger partial charge in [0.25, 0.3) is 0 Å². The van der Waals surface area contributed by atoms with Gasteiger partial charge in [-0.1, -0.05) is 0 Å². The first-order valence-electron chi connectivity index (χ1n) is 4.30. The van der Waals surface area contributed by atoms with Crippen LogP contribution in [0.25, 0.3) is 0 Å². The van der Waals surface area contributed by atoms with Crippen molar-refractivity contribution in [1.29, 1.82) is 0 Å². The Morgan fingerprint density at radius 3 is 2.36 bits per heavy atom. The lowest BCUT2D eigenvalue weighted by molar-refractivity contribution is 0.0718. The van der Waals surface area contributed by atoms with Crippen LogP contribution in [0.3, 0.4) is 0 Å². The van der Waals surface area contributed by atoms with Gasteiger partial charge in [0.2, 0.25) is 5.88 Å². The lowest BCUT2D eigenvalue weighted by Crippen LogP contribution is -2.18. The summed E-state index contributed by atoms with van der Waals surface area (Å²) in [4.78, 5) is 4.01. The SMILES string of the molecule is COc1ccnc(OC)c1C(C)(C)O. The lowest BCUT2D eigenvalue weighted by Gasteiger charge is -2.22. The van der Waals surface area contributed by atoms with Crippen molar-refractivity contribution in [3.63, 3.8) is 0 Å². The first-order chi connectivity index (χ1) is 6.50. The number of methoxy groups -OCH3 is 2. The largest absolute Gasteiger partial charge is 0.496 e. The quantitative estimate of drug-likeness (QED) is 0.794. The van der Waals surface area contributed by atoms with Crippen molar-refractivity contribution in [1.82, 2.24) is 4.98 Å². The van der Waals surface area contributed by atoms with Crippen LogP contribution in [0.4, 0.5) is 0 Å². The maximum Gasteiger partial charge on any atom is 0.222 e. The molecule has 1 aromatic rings. The summed E-state index contributed by atoms with van der Waals surface area (Å²) in [6.45, 7) is 3.32. The number of aromatic nitrogens is 1. The van der Waals surface area contributed by atoms with Crippen LogP contribution in [0, 0.1) is 0 Å². The number of hydrogen-bond donors (Lipinski definition) is 1. The lowest BCUT2D eigenvalue weighted by atomic mass is 9.99. The van der Waals surface area contributed by atoms with Crippen LogP contribution in [0.15, 0.2) is 12.3 Å². The van der Waals surface area contributed by atoms with E-state index in [-0.39, 0.29) is 0 Å². The topological polar surface area (TPSA) is 51.6 Å². The fraction of sp³-hybridized carbons (Fsp3) is 0.500. The molecule has 0 unspecified atom stereocenters. The molecule has 0 spiro atoms. The maximum atomic E-state index is 9.91. The summed E-state index contributed by atoms with van der Waals surface area (Å²) in [6.07, 6.45) is 1.58. The first-order valence-corrected chi connectivity index (χ1v) is 4.30. The van der Waals surface area contributed by atoms with Gasteiger partial charge in [-0.3, -0.25) is 0 Å². The third kappa shape index (κ3) is 1.96. The molecule has 1 heterocycles. The van der Waals surface area contributed by atoms with E-state index in [1.165, 1.54) is 7.11 Å². The molecule has 0 saturated carbocycles. The second kappa shape index (κ2) is 3.84. The molecule has 0 atom stereocenters. The van der Waals surface area contributed by atoms with Gasteiger partial charge in [-0.25, -0.2) is 4.98 Å². The van der Waals surface area contributed by atoms with Gasteiger partial charge in [-0.05, 0) is 19.9 Å². The summed E-state index contributed by atoms with van der Waals surface area (Å²) in [5.74, 6) is 0.959. The van der Waals surface area contributed by atoms with Crippen molar-refractivity contribution < 1.29 is 14.6 Å². The smallest absolute Gasteiger partial charge is 0.222 e. The van der Waals surface area contributed by atoms with E-state index in [9.17, 15) is 5.11 Å². The molecule has 0 aliphatic rings. The van der Waals surface area contributed by atoms with Crippen molar-refractivity contribution in [2.75, 3.05) is 14.2 Å². The molecule has 0 saturated heterocycles. The molecule has 0 aromatic carbocycles. The zero-order valence-corrected chi connectivity index (χ0v) is 8.87. The molecule has 1 rings (SSSR count). The van der Waals surface area contributed by atoms with Crippen molar-refractivity contribution in [2.45, 2.75) is 19.4 Å². The Balaban J connectivity index is 3.34. The van der Waals surface area contributed by atoms with Crippen LogP contribution in [-0.2, 0) is 5.60 Å². The second-order valence-corrected chi connectivity index (χ2v) is 3.46. The average molecular weight is 197 g/mol. The predicted octanol–water partition coefficient (Wildman–Crippen LogP) is 1.33. The van der Waals surface area contributed by atoms with E-state index < -0.39 is 5.60 Å². The number of hydrogen-bond acceptors (Lipinski definition) is 4. The Morgan fingerprint density at radius 1 is 1.29 bits per heavy atom. The predicted molar refractivity (Wildman–Crippen MR) is 52.6 cm³/mol. The van der Waals surface area contributed by atoms with Crippen LogP contribution in [0.2, 0.25) is 0 Å². The monoisotopic (exact) mass is 197 g/mol. The summed E-state index contributed by atoms with van der Waals surface area (Å²) in [7, 11) is 3.06. The molecular formula is C10H15NO3. The van der Waals surface area contributed by atoms with E-state index in [0.29, 0.717) is 17.2 Å². The van der Waals surface area contributed by atoms with E-state index in [2.05, 4.69) is 4.98 Å². The summed E-state index contributed by atoms with van der Waals surface area (Å²) >= 11 is 0. The van der Waals surface area contributed by atoms with Crippen LogP contribution in [-0.4, -0.2) is 24.3 Å². The van der Waals surface area contributed by atoms with Crippen molar-refractivity contribution >= 4 is 0 Å². The van der Waals surface area contributed by atoms with Gasteiger partial charge in [0.05, 0.1) is 25.4 Å². The Hall–Kier alpha value is -1.29. The summed E-state index contributed by atoms with van der Waals surface area (Å²) in [6, 6.07) is 1.69. The van der Waals surface area contributed by atoms with Crippen molar-refractivity contribution in [2.24, 2.45) is 0 Å². The van der Waals surface area contributed by atoms with Crippen molar-refractivity contribution in [3.05, 3.63) is 17.8 Å². The minimum atomic E-state index is -1.04. The third-order valence-electron chi connectivity index (χ3n) is 1.90. The van der Waals surface area contributed by atoms with Gasteiger partial charge in [-0.2, -0.15) is 0 Å². The van der Waals surface area contributed by atoms with E-state index >= 15 is 0 Å². The van der Waals surface area contributed by atoms with Crippen molar-refractivity contribution in [3.8, 4) is 11.6 Å². The first kappa shape index (κ1) is 10.8. The number of pyridine rings is 1. The second-order valence-electron chi connectivity index (χ2n) is 3.46. The van der Waals surface area contributed by atoms with Gasteiger partial charge < -0.3 is 14.6 Å². The third-order valence-corrected chi connectivity index (χ3v) is 1.90. The average Bonchev–Trinajstić information content (AvgIpc) is 2.15. The molecule has 4 heteroatoms. The highest BCUT2D eigenvalue weighted by molar-refractivity contribution is 5.43. The Kier molecular flexibility index (Phi) is 2.96. The van der Waals surface area contributed by atoms with Crippen LogP contribution in [0.1, 0.15) is 19.4 Å². The number of nitrogens with zero attached hydrogens (tertiary/aromatic N) is 1. The Bertz CT molecular complexity index is 295. The highest BCUT2D eigenvalue weighted by Crippen LogP contribution is 2.35. The molecule has 1 aromatic heterocycles. The highest BCUT2D eigenvalue weighted by Gasteiger charge is 2.26.